The largest absolute Gasteiger partial charge is 0.475 e. The average molecular weight is 410 g/mol. The Morgan fingerprint density at radius 1 is 0.897 bits per heavy atom. The van der Waals surface area contributed by atoms with Crippen molar-refractivity contribution in [2.45, 2.75) is 30.6 Å². The number of aryl methyl sites for hydroxylation is 2. The maximum absolute atomic E-state index is 12.5. The highest BCUT2D eigenvalue weighted by Gasteiger charge is 2.17. The van der Waals surface area contributed by atoms with E-state index in [9.17, 15) is 8.42 Å². The van der Waals surface area contributed by atoms with Crippen LogP contribution >= 0.6 is 0 Å². The molecule has 0 bridgehead atoms. The van der Waals surface area contributed by atoms with Gasteiger partial charge in [0.05, 0.1) is 10.6 Å². The number of sulfonamides is 1. The fourth-order valence-corrected chi connectivity index (χ4v) is 4.52. The normalized spacial score (nSPS) is 13.7. The zero-order valence-electron chi connectivity index (χ0n) is 16.0. The summed E-state index contributed by atoms with van der Waals surface area (Å²) in [5, 5.41) is 8.20. The molecule has 0 unspecified atom stereocenters. The third-order valence-corrected chi connectivity index (χ3v) is 6.44. The van der Waals surface area contributed by atoms with Crippen molar-refractivity contribution in [3.8, 4) is 17.1 Å². The number of ether oxygens (including phenoxy) is 1. The quantitative estimate of drug-likeness (QED) is 0.605. The number of hydrogen-bond acceptors (Lipinski definition) is 5. The molecule has 1 aliphatic carbocycles. The molecule has 0 fully saturated rings. The molecule has 4 rings (SSSR count). The molecule has 1 heterocycles. The average Bonchev–Trinajstić information content (AvgIpc) is 2.77. The van der Waals surface area contributed by atoms with Crippen LogP contribution in [0.15, 0.2) is 65.6 Å². The Kier molecular flexibility index (Phi) is 5.87. The number of hydrogen-bond donors (Lipinski definition) is 1. The van der Waals surface area contributed by atoms with Crippen molar-refractivity contribution in [1.82, 2.24) is 14.9 Å². The number of aromatic nitrogens is 2. The van der Waals surface area contributed by atoms with Crippen LogP contribution in [0.5, 0.6) is 5.88 Å². The molecule has 0 spiro atoms. The highest BCUT2D eigenvalue weighted by molar-refractivity contribution is 7.89. The summed E-state index contributed by atoms with van der Waals surface area (Å²) in [4.78, 5) is 0.310. The first-order valence-electron chi connectivity index (χ1n) is 9.75. The first kappa shape index (κ1) is 19.5. The standard InChI is InChI=1S/C22H23N3O3S/c26-29(27,20-11-10-17-6-4-5-9-19(17)16-20)23-14-15-28-22-13-12-21(24-25-22)18-7-2-1-3-8-18/h1-3,7-8,10-13,16,23H,4-6,9,14-15H2. The van der Waals surface area contributed by atoms with E-state index in [1.807, 2.05) is 42.5 Å². The Balaban J connectivity index is 1.31. The molecule has 7 heteroatoms. The molecular formula is C22H23N3O3S. The van der Waals surface area contributed by atoms with Crippen LogP contribution in [0.25, 0.3) is 11.3 Å². The Bertz CT molecular complexity index is 1070. The smallest absolute Gasteiger partial charge is 0.240 e. The summed E-state index contributed by atoms with van der Waals surface area (Å²) < 4.78 is 33.2. The zero-order chi connectivity index (χ0) is 20.1. The van der Waals surface area contributed by atoms with Gasteiger partial charge >= 0.3 is 0 Å². The van der Waals surface area contributed by atoms with E-state index in [1.165, 1.54) is 12.0 Å². The van der Waals surface area contributed by atoms with E-state index in [-0.39, 0.29) is 13.2 Å². The number of benzene rings is 2. The molecule has 0 radical (unpaired) electrons. The SMILES string of the molecule is O=S(=O)(NCCOc1ccc(-c2ccccc2)nn1)c1ccc2c(c1)CCCC2. The summed E-state index contributed by atoms with van der Waals surface area (Å²) in [6.07, 6.45) is 4.26. The third-order valence-electron chi connectivity index (χ3n) is 4.98. The van der Waals surface area contributed by atoms with Gasteiger partial charge in [-0.25, -0.2) is 13.1 Å². The molecule has 2 aromatic carbocycles. The highest BCUT2D eigenvalue weighted by Crippen LogP contribution is 2.24. The van der Waals surface area contributed by atoms with Gasteiger partial charge in [0.1, 0.15) is 6.61 Å². The Morgan fingerprint density at radius 3 is 2.45 bits per heavy atom. The van der Waals surface area contributed by atoms with Crippen molar-refractivity contribution in [3.05, 3.63) is 71.8 Å². The van der Waals surface area contributed by atoms with Crippen molar-refractivity contribution in [2.24, 2.45) is 0 Å². The minimum Gasteiger partial charge on any atom is -0.475 e. The molecule has 1 N–H and O–H groups in total. The van der Waals surface area contributed by atoms with Gasteiger partial charge in [-0.2, -0.15) is 0 Å². The molecular weight excluding hydrogens is 386 g/mol. The number of nitrogens with one attached hydrogen (secondary N) is 1. The van der Waals surface area contributed by atoms with Crippen molar-refractivity contribution in [1.29, 1.82) is 0 Å². The summed E-state index contributed by atoms with van der Waals surface area (Å²) in [5.74, 6) is 0.359. The predicted octanol–water partition coefficient (Wildman–Crippen LogP) is 3.38. The first-order valence-corrected chi connectivity index (χ1v) is 11.2. The minimum absolute atomic E-state index is 0.154. The van der Waals surface area contributed by atoms with Gasteiger partial charge in [-0.05, 0) is 55.0 Å². The topological polar surface area (TPSA) is 81.2 Å². The van der Waals surface area contributed by atoms with Crippen molar-refractivity contribution < 1.29 is 13.2 Å². The number of nitrogens with zero attached hydrogens (tertiary/aromatic N) is 2. The molecule has 29 heavy (non-hydrogen) atoms. The van der Waals surface area contributed by atoms with Crippen LogP contribution in [-0.2, 0) is 22.9 Å². The zero-order valence-corrected chi connectivity index (χ0v) is 16.9. The van der Waals surface area contributed by atoms with Crippen LogP contribution in [0.2, 0.25) is 0 Å². The van der Waals surface area contributed by atoms with E-state index >= 15 is 0 Å². The van der Waals surface area contributed by atoms with Gasteiger partial charge in [0, 0.05) is 18.2 Å². The molecule has 0 aliphatic heterocycles. The fraction of sp³-hybridized carbons (Fsp3) is 0.273. The molecule has 0 amide bonds. The van der Waals surface area contributed by atoms with Gasteiger partial charge in [-0.15, -0.1) is 10.2 Å². The van der Waals surface area contributed by atoms with Crippen molar-refractivity contribution >= 4 is 10.0 Å². The van der Waals surface area contributed by atoms with E-state index in [0.29, 0.717) is 10.8 Å². The molecule has 3 aromatic rings. The molecule has 1 aliphatic rings. The van der Waals surface area contributed by atoms with Gasteiger partial charge in [-0.1, -0.05) is 36.4 Å². The number of fused-ring (bicyclic) bond motifs is 1. The number of rotatable bonds is 7. The predicted molar refractivity (Wildman–Crippen MR) is 111 cm³/mol. The van der Waals surface area contributed by atoms with E-state index in [4.69, 9.17) is 4.74 Å². The monoisotopic (exact) mass is 409 g/mol. The molecule has 150 valence electrons. The van der Waals surface area contributed by atoms with Crippen molar-refractivity contribution in [2.75, 3.05) is 13.2 Å². The first-order chi connectivity index (χ1) is 14.1. The van der Waals surface area contributed by atoms with Gasteiger partial charge < -0.3 is 4.74 Å². The van der Waals surface area contributed by atoms with Gasteiger partial charge in [0.2, 0.25) is 15.9 Å². The van der Waals surface area contributed by atoms with Crippen LogP contribution < -0.4 is 9.46 Å². The molecule has 6 nitrogen and oxygen atoms in total. The lowest BCUT2D eigenvalue weighted by Crippen LogP contribution is -2.28. The maximum atomic E-state index is 12.5. The van der Waals surface area contributed by atoms with Crippen LogP contribution in [0.1, 0.15) is 24.0 Å². The molecule has 0 atom stereocenters. The van der Waals surface area contributed by atoms with Crippen LogP contribution in [-0.4, -0.2) is 31.8 Å². The van der Waals surface area contributed by atoms with E-state index < -0.39 is 10.0 Å². The highest BCUT2D eigenvalue weighted by atomic mass is 32.2. The summed E-state index contributed by atoms with van der Waals surface area (Å²) >= 11 is 0. The maximum Gasteiger partial charge on any atom is 0.240 e. The van der Waals surface area contributed by atoms with Gasteiger partial charge in [-0.3, -0.25) is 0 Å². The lowest BCUT2D eigenvalue weighted by molar-refractivity contribution is 0.307. The second-order valence-corrected chi connectivity index (χ2v) is 8.77. The van der Waals surface area contributed by atoms with E-state index in [0.717, 1.165) is 36.1 Å². The third kappa shape index (κ3) is 4.81. The summed E-state index contributed by atoms with van der Waals surface area (Å²) in [5.41, 5.74) is 4.13. The Morgan fingerprint density at radius 2 is 1.69 bits per heavy atom. The van der Waals surface area contributed by atoms with Gasteiger partial charge in [0.15, 0.2) is 0 Å². The molecule has 0 saturated heterocycles. The second-order valence-electron chi connectivity index (χ2n) is 7.01. The van der Waals surface area contributed by atoms with Crippen molar-refractivity contribution in [3.63, 3.8) is 0 Å². The summed E-state index contributed by atoms with van der Waals surface area (Å²) in [6.45, 7) is 0.324. The second kappa shape index (κ2) is 8.71. The fourth-order valence-electron chi connectivity index (χ4n) is 3.45. The summed E-state index contributed by atoms with van der Waals surface area (Å²) in [6, 6.07) is 18.7. The minimum atomic E-state index is -3.56. The molecule has 0 saturated carbocycles. The lowest BCUT2D eigenvalue weighted by atomic mass is 9.92. The Hall–Kier alpha value is -2.77. The van der Waals surface area contributed by atoms with Crippen LogP contribution in [0, 0.1) is 0 Å². The van der Waals surface area contributed by atoms with Crippen LogP contribution in [0.4, 0.5) is 0 Å². The lowest BCUT2D eigenvalue weighted by Gasteiger charge is -2.16. The Labute approximate surface area is 171 Å². The van der Waals surface area contributed by atoms with Crippen LogP contribution in [0.3, 0.4) is 0 Å². The van der Waals surface area contributed by atoms with Gasteiger partial charge in [0.25, 0.3) is 0 Å². The van der Waals surface area contributed by atoms with E-state index in [2.05, 4.69) is 14.9 Å². The summed E-state index contributed by atoms with van der Waals surface area (Å²) in [7, 11) is -3.56. The molecule has 1 aromatic heterocycles. The van der Waals surface area contributed by atoms with E-state index in [1.54, 1.807) is 18.2 Å².